The summed E-state index contributed by atoms with van der Waals surface area (Å²) in [4.78, 5) is 23.6. The van der Waals surface area contributed by atoms with Crippen LogP contribution in [0.2, 0.25) is 0 Å². The van der Waals surface area contributed by atoms with Crippen molar-refractivity contribution >= 4 is 17.6 Å². The highest BCUT2D eigenvalue weighted by Crippen LogP contribution is 2.29. The maximum atomic E-state index is 11.9. The molecule has 80 valence electrons. The summed E-state index contributed by atoms with van der Waals surface area (Å²) in [6, 6.07) is 0. The summed E-state index contributed by atoms with van der Waals surface area (Å²) >= 11 is 0. The van der Waals surface area contributed by atoms with Gasteiger partial charge in [0, 0.05) is 5.56 Å². The number of hydrogen-bond donors (Lipinski definition) is 1. The number of fused-ring (bicyclic) bond motifs is 1. The van der Waals surface area contributed by atoms with Gasteiger partial charge in [-0.15, -0.1) is 0 Å². The van der Waals surface area contributed by atoms with Crippen LogP contribution in [0.15, 0.2) is 6.20 Å². The molecule has 5 nitrogen and oxygen atoms in total. The van der Waals surface area contributed by atoms with E-state index in [4.69, 9.17) is 0 Å². The third kappa shape index (κ3) is 1.19. The Morgan fingerprint density at radius 3 is 2.73 bits per heavy atom. The number of carbonyl (C=O) groups is 2. The summed E-state index contributed by atoms with van der Waals surface area (Å²) in [7, 11) is 0. The molecule has 0 radical (unpaired) electrons. The first-order valence-electron chi connectivity index (χ1n) is 4.91. The Balaban J connectivity index is 2.57. The second-order valence-electron chi connectivity index (χ2n) is 4.17. The number of nitrogens with zero attached hydrogens (tertiary/aromatic N) is 2. The van der Waals surface area contributed by atoms with E-state index < -0.39 is 5.41 Å². The van der Waals surface area contributed by atoms with Crippen molar-refractivity contribution < 1.29 is 9.59 Å². The maximum Gasteiger partial charge on any atom is 0.263 e. The summed E-state index contributed by atoms with van der Waals surface area (Å²) < 4.78 is 1.28. The smallest absolute Gasteiger partial charge is 0.263 e. The van der Waals surface area contributed by atoms with Gasteiger partial charge in [0.1, 0.15) is 11.2 Å². The highest BCUT2D eigenvalue weighted by Gasteiger charge is 2.43. The van der Waals surface area contributed by atoms with Gasteiger partial charge in [0.15, 0.2) is 0 Å². The molecular weight excluding hydrogens is 194 g/mol. The number of hydrogen-bond acceptors (Lipinski definition) is 3. The molecule has 1 N–H and O–H groups in total. The zero-order chi connectivity index (χ0) is 11.2. The number of amides is 1. The van der Waals surface area contributed by atoms with Gasteiger partial charge >= 0.3 is 0 Å². The van der Waals surface area contributed by atoms with E-state index in [0.717, 1.165) is 12.0 Å². The fourth-order valence-electron chi connectivity index (χ4n) is 1.55. The van der Waals surface area contributed by atoms with Gasteiger partial charge in [-0.2, -0.15) is 9.78 Å². The molecule has 0 aromatic carbocycles. The molecule has 0 saturated heterocycles. The van der Waals surface area contributed by atoms with E-state index in [9.17, 15) is 9.59 Å². The third-order valence-electron chi connectivity index (χ3n) is 2.75. The van der Waals surface area contributed by atoms with Gasteiger partial charge < -0.3 is 5.32 Å². The van der Waals surface area contributed by atoms with Crippen LogP contribution >= 0.6 is 0 Å². The minimum absolute atomic E-state index is 0.268. The van der Waals surface area contributed by atoms with Crippen molar-refractivity contribution in [1.29, 1.82) is 0 Å². The Morgan fingerprint density at radius 1 is 1.47 bits per heavy atom. The van der Waals surface area contributed by atoms with E-state index in [1.807, 2.05) is 6.92 Å². The Labute approximate surface area is 87.5 Å². The normalized spacial score (nSPS) is 18.6. The number of carbonyl (C=O) groups excluding carboxylic acids is 2. The number of rotatable bonds is 1. The second kappa shape index (κ2) is 2.92. The van der Waals surface area contributed by atoms with Crippen molar-refractivity contribution in [3.05, 3.63) is 11.8 Å². The lowest BCUT2D eigenvalue weighted by atomic mass is 9.89. The fourth-order valence-corrected chi connectivity index (χ4v) is 1.55. The van der Waals surface area contributed by atoms with Gasteiger partial charge in [0.05, 0.1) is 6.20 Å². The molecule has 0 atom stereocenters. The van der Waals surface area contributed by atoms with Gasteiger partial charge in [-0.3, -0.25) is 9.59 Å². The van der Waals surface area contributed by atoms with Crippen molar-refractivity contribution in [2.24, 2.45) is 5.41 Å². The molecule has 15 heavy (non-hydrogen) atoms. The summed E-state index contributed by atoms with van der Waals surface area (Å²) in [6.07, 6.45) is 2.36. The summed E-state index contributed by atoms with van der Waals surface area (Å²) in [5, 5.41) is 6.71. The van der Waals surface area contributed by atoms with Crippen molar-refractivity contribution in [1.82, 2.24) is 9.78 Å². The predicted octanol–water partition coefficient (Wildman–Crippen LogP) is 1.06. The highest BCUT2D eigenvalue weighted by atomic mass is 16.2. The van der Waals surface area contributed by atoms with Gasteiger partial charge in [0.25, 0.3) is 5.91 Å². The lowest BCUT2D eigenvalue weighted by Crippen LogP contribution is -2.46. The minimum atomic E-state index is -1.04. The molecule has 2 heterocycles. The first kappa shape index (κ1) is 9.89. The largest absolute Gasteiger partial charge is 0.309 e. The standard InChI is InChI=1S/C10H13N3O2/c1-4-6-5-11-13-7(6)12-8(14)10(2,3)9(13)15/h5H,4H2,1-3H3,(H,12,14). The van der Waals surface area contributed by atoms with E-state index >= 15 is 0 Å². The molecule has 0 fully saturated rings. The van der Waals surface area contributed by atoms with Gasteiger partial charge in [-0.25, -0.2) is 0 Å². The molecule has 1 aromatic heterocycles. The van der Waals surface area contributed by atoms with Gasteiger partial charge in [0.2, 0.25) is 5.91 Å². The van der Waals surface area contributed by atoms with Crippen LogP contribution in [0.4, 0.5) is 5.82 Å². The van der Waals surface area contributed by atoms with Crippen molar-refractivity contribution in [3.63, 3.8) is 0 Å². The third-order valence-corrected chi connectivity index (χ3v) is 2.75. The topological polar surface area (TPSA) is 64.0 Å². The molecule has 0 spiro atoms. The van der Waals surface area contributed by atoms with Crippen LogP contribution in [0, 0.1) is 5.41 Å². The van der Waals surface area contributed by atoms with Crippen LogP contribution in [0.3, 0.4) is 0 Å². The Hall–Kier alpha value is -1.65. The molecule has 0 saturated carbocycles. The van der Waals surface area contributed by atoms with E-state index in [1.165, 1.54) is 4.68 Å². The average Bonchev–Trinajstić information content (AvgIpc) is 2.58. The molecule has 0 bridgehead atoms. The lowest BCUT2D eigenvalue weighted by Gasteiger charge is -2.27. The van der Waals surface area contributed by atoms with Crippen molar-refractivity contribution in [2.45, 2.75) is 27.2 Å². The Kier molecular flexibility index (Phi) is 1.92. The van der Waals surface area contributed by atoms with Crippen LogP contribution in [0.5, 0.6) is 0 Å². The predicted molar refractivity (Wildman–Crippen MR) is 54.6 cm³/mol. The van der Waals surface area contributed by atoms with Crippen LogP contribution in [0.25, 0.3) is 0 Å². The maximum absolute atomic E-state index is 11.9. The number of nitrogens with one attached hydrogen (secondary N) is 1. The minimum Gasteiger partial charge on any atom is -0.309 e. The number of aromatic nitrogens is 2. The summed E-state index contributed by atoms with van der Waals surface area (Å²) in [6.45, 7) is 5.15. The first-order valence-corrected chi connectivity index (χ1v) is 4.91. The van der Waals surface area contributed by atoms with E-state index in [1.54, 1.807) is 20.0 Å². The highest BCUT2D eigenvalue weighted by molar-refractivity contribution is 6.14. The van der Waals surface area contributed by atoms with Crippen LogP contribution in [-0.2, 0) is 11.2 Å². The number of aryl methyl sites for hydroxylation is 1. The lowest BCUT2D eigenvalue weighted by molar-refractivity contribution is -0.122. The van der Waals surface area contributed by atoms with E-state index in [-0.39, 0.29) is 11.8 Å². The Morgan fingerprint density at radius 2 is 2.13 bits per heavy atom. The molecule has 1 aromatic rings. The Bertz CT molecular complexity index is 446. The average molecular weight is 207 g/mol. The van der Waals surface area contributed by atoms with Crippen LogP contribution < -0.4 is 5.32 Å². The first-order chi connectivity index (χ1) is 6.98. The zero-order valence-electron chi connectivity index (χ0n) is 9.00. The number of anilines is 1. The van der Waals surface area contributed by atoms with Crippen LogP contribution in [-0.4, -0.2) is 21.6 Å². The van der Waals surface area contributed by atoms with Gasteiger partial charge in [-0.05, 0) is 20.3 Å². The molecule has 1 aliphatic heterocycles. The SMILES string of the molecule is CCc1cnn2c1NC(=O)C(C)(C)C2=O. The van der Waals surface area contributed by atoms with Crippen molar-refractivity contribution in [3.8, 4) is 0 Å². The fraction of sp³-hybridized carbons (Fsp3) is 0.500. The van der Waals surface area contributed by atoms with Gasteiger partial charge in [-0.1, -0.05) is 6.92 Å². The van der Waals surface area contributed by atoms with E-state index in [0.29, 0.717) is 5.82 Å². The molecule has 0 aliphatic carbocycles. The summed E-state index contributed by atoms with van der Waals surface area (Å²) in [5.41, 5.74) is -0.156. The molecule has 1 amide bonds. The molecule has 2 rings (SSSR count). The quantitative estimate of drug-likeness (QED) is 0.700. The molecular formula is C10H13N3O2. The van der Waals surface area contributed by atoms with E-state index in [2.05, 4.69) is 10.4 Å². The zero-order valence-corrected chi connectivity index (χ0v) is 9.00. The monoisotopic (exact) mass is 207 g/mol. The second-order valence-corrected chi connectivity index (χ2v) is 4.17. The molecule has 5 heteroatoms. The summed E-state index contributed by atoms with van der Waals surface area (Å²) in [5.74, 6) is -0.0250. The molecule has 1 aliphatic rings. The molecule has 0 unspecified atom stereocenters. The van der Waals surface area contributed by atoms with Crippen molar-refractivity contribution in [2.75, 3.05) is 5.32 Å². The van der Waals surface area contributed by atoms with Crippen LogP contribution in [0.1, 0.15) is 31.1 Å².